The molecule has 0 unspecified atom stereocenters. The number of benzene rings is 1. The summed E-state index contributed by atoms with van der Waals surface area (Å²) in [4.78, 5) is 1.68. The Morgan fingerprint density at radius 3 is 2.70 bits per heavy atom. The topological polar surface area (TPSA) is 28.5 Å². The third-order valence-electron chi connectivity index (χ3n) is 3.75. The normalized spacial score (nSPS) is 22.3. The van der Waals surface area contributed by atoms with Crippen molar-refractivity contribution in [1.29, 1.82) is 0 Å². The van der Waals surface area contributed by atoms with E-state index in [9.17, 15) is 4.39 Å². The number of rotatable bonds is 4. The highest BCUT2D eigenvalue weighted by Crippen LogP contribution is 2.12. The van der Waals surface area contributed by atoms with Gasteiger partial charge in [0.05, 0.1) is 25.3 Å². The smallest absolute Gasteiger partial charge is 0.171 e. The maximum absolute atomic E-state index is 13.5. The van der Waals surface area contributed by atoms with Crippen molar-refractivity contribution >= 4 is 23.0 Å². The van der Waals surface area contributed by atoms with Crippen LogP contribution in [0.4, 0.5) is 10.1 Å². The zero-order valence-corrected chi connectivity index (χ0v) is 12.7. The van der Waals surface area contributed by atoms with Crippen molar-refractivity contribution in [2.45, 2.75) is 32.2 Å². The molecule has 0 spiro atoms. The number of hydrogen-bond donors (Lipinski definition) is 3. The summed E-state index contributed by atoms with van der Waals surface area (Å²) in [5, 5.41) is 6.74. The lowest BCUT2D eigenvalue weighted by Gasteiger charge is -2.30. The molecule has 5 heteroatoms. The minimum absolute atomic E-state index is 0.279. The Balaban J connectivity index is 1.77. The molecule has 1 aliphatic heterocycles. The van der Waals surface area contributed by atoms with Gasteiger partial charge < -0.3 is 15.5 Å². The van der Waals surface area contributed by atoms with Crippen molar-refractivity contribution in [1.82, 2.24) is 5.32 Å². The molecule has 1 saturated heterocycles. The van der Waals surface area contributed by atoms with Crippen molar-refractivity contribution in [2.24, 2.45) is 0 Å². The molecule has 0 atom stereocenters. The first-order valence-corrected chi connectivity index (χ1v) is 7.75. The number of piperidine rings is 1. The van der Waals surface area contributed by atoms with Crippen LogP contribution >= 0.6 is 12.2 Å². The van der Waals surface area contributed by atoms with E-state index in [1.54, 1.807) is 23.1 Å². The summed E-state index contributed by atoms with van der Waals surface area (Å²) in [6, 6.07) is 6.99. The largest absolute Gasteiger partial charge is 0.359 e. The number of halogens is 1. The van der Waals surface area contributed by atoms with E-state index in [-0.39, 0.29) is 5.82 Å². The maximum Gasteiger partial charge on any atom is 0.171 e. The van der Waals surface area contributed by atoms with Crippen LogP contribution in [0.2, 0.25) is 0 Å². The second-order valence-corrected chi connectivity index (χ2v) is 5.76. The summed E-state index contributed by atoms with van der Waals surface area (Å²) in [5.74, 6) is -0.279. The molecule has 1 aromatic rings. The molecule has 110 valence electrons. The highest BCUT2D eigenvalue weighted by atomic mass is 32.1. The Morgan fingerprint density at radius 2 is 2.05 bits per heavy atom. The van der Waals surface area contributed by atoms with E-state index in [1.165, 1.54) is 32.1 Å². The zero-order chi connectivity index (χ0) is 14.4. The molecule has 0 aromatic heterocycles. The fourth-order valence-electron chi connectivity index (χ4n) is 2.68. The van der Waals surface area contributed by atoms with Gasteiger partial charge in [-0.25, -0.2) is 4.39 Å². The Morgan fingerprint density at radius 1 is 1.35 bits per heavy atom. The van der Waals surface area contributed by atoms with Crippen LogP contribution in [-0.4, -0.2) is 30.8 Å². The summed E-state index contributed by atoms with van der Waals surface area (Å²) in [5.41, 5.74) is 0.430. The fraction of sp³-hybridized carbons (Fsp3) is 0.533. The summed E-state index contributed by atoms with van der Waals surface area (Å²) in [6.45, 7) is 5.86. The van der Waals surface area contributed by atoms with Crippen molar-refractivity contribution in [2.75, 3.05) is 25.0 Å². The highest BCUT2D eigenvalue weighted by Gasteiger charge is 2.21. The fourth-order valence-corrected chi connectivity index (χ4v) is 2.96. The number of nitrogens with one attached hydrogen (secondary N) is 3. The molecule has 1 aliphatic rings. The standard InChI is InChI=1S/C15H22FN3S/c1-2-9-19-10-7-12(8-11-19)17-15(20)18-14-6-4-3-5-13(14)16/h3-6,12H,2,7-11H2,1H3,(H2,17,18,20)/p+1. The van der Waals surface area contributed by atoms with Gasteiger partial charge in [-0.3, -0.25) is 0 Å². The first kappa shape index (κ1) is 15.2. The third-order valence-corrected chi connectivity index (χ3v) is 3.97. The molecule has 3 N–H and O–H groups in total. The van der Waals surface area contributed by atoms with Crippen LogP contribution in [0.3, 0.4) is 0 Å². The molecule has 0 amide bonds. The van der Waals surface area contributed by atoms with Crippen molar-refractivity contribution in [3.8, 4) is 0 Å². The van der Waals surface area contributed by atoms with E-state index in [0.717, 1.165) is 12.8 Å². The monoisotopic (exact) mass is 296 g/mol. The molecule has 3 nitrogen and oxygen atoms in total. The molecule has 20 heavy (non-hydrogen) atoms. The van der Waals surface area contributed by atoms with E-state index in [2.05, 4.69) is 17.6 Å². The predicted molar refractivity (Wildman–Crippen MR) is 84.6 cm³/mol. The molecule has 1 heterocycles. The minimum atomic E-state index is -0.279. The molecule has 1 fully saturated rings. The van der Waals surface area contributed by atoms with Gasteiger partial charge >= 0.3 is 0 Å². The van der Waals surface area contributed by atoms with Crippen LogP contribution in [0.5, 0.6) is 0 Å². The van der Waals surface area contributed by atoms with Crippen LogP contribution < -0.4 is 15.5 Å². The van der Waals surface area contributed by atoms with Gasteiger partial charge in [-0.2, -0.15) is 0 Å². The molecule has 0 aliphatic carbocycles. The summed E-state index contributed by atoms with van der Waals surface area (Å²) in [6.07, 6.45) is 3.48. The van der Waals surface area contributed by atoms with Gasteiger partial charge in [0, 0.05) is 18.9 Å². The number of likely N-dealkylation sites (tertiary alicyclic amines) is 1. The lowest BCUT2D eigenvalue weighted by molar-refractivity contribution is -0.905. The second-order valence-electron chi connectivity index (χ2n) is 5.35. The van der Waals surface area contributed by atoms with Gasteiger partial charge in [-0.1, -0.05) is 19.1 Å². The molecule has 1 aromatic carbocycles. The molecule has 2 rings (SSSR count). The number of hydrogen-bond acceptors (Lipinski definition) is 1. The Kier molecular flexibility index (Phi) is 5.73. The van der Waals surface area contributed by atoms with Crippen LogP contribution in [0.25, 0.3) is 0 Å². The molecule has 0 radical (unpaired) electrons. The first-order valence-electron chi connectivity index (χ1n) is 7.34. The van der Waals surface area contributed by atoms with E-state index >= 15 is 0 Å². The molecular weight excluding hydrogens is 273 g/mol. The van der Waals surface area contributed by atoms with Gasteiger partial charge in [-0.15, -0.1) is 0 Å². The SMILES string of the molecule is CCC[NH+]1CCC(NC(=S)Nc2ccccc2F)CC1. The zero-order valence-electron chi connectivity index (χ0n) is 11.9. The molecular formula is C15H23FN3S+. The average molecular weight is 296 g/mol. The third kappa shape index (κ3) is 4.42. The van der Waals surface area contributed by atoms with E-state index < -0.39 is 0 Å². The van der Waals surface area contributed by atoms with Gasteiger partial charge in [0.2, 0.25) is 0 Å². The van der Waals surface area contributed by atoms with Crippen LogP contribution in [0, 0.1) is 5.82 Å². The highest BCUT2D eigenvalue weighted by molar-refractivity contribution is 7.80. The lowest BCUT2D eigenvalue weighted by atomic mass is 10.1. The van der Waals surface area contributed by atoms with E-state index in [0.29, 0.717) is 16.8 Å². The Labute approximate surface area is 125 Å². The summed E-state index contributed by atoms with van der Waals surface area (Å²) < 4.78 is 13.5. The van der Waals surface area contributed by atoms with Gasteiger partial charge in [0.15, 0.2) is 5.11 Å². The van der Waals surface area contributed by atoms with Gasteiger partial charge in [0.25, 0.3) is 0 Å². The maximum atomic E-state index is 13.5. The van der Waals surface area contributed by atoms with Crippen molar-refractivity contribution < 1.29 is 9.29 Å². The quantitative estimate of drug-likeness (QED) is 0.737. The van der Waals surface area contributed by atoms with E-state index in [4.69, 9.17) is 12.2 Å². The summed E-state index contributed by atoms with van der Waals surface area (Å²) in [7, 11) is 0. The Bertz CT molecular complexity index is 444. The predicted octanol–water partition coefficient (Wildman–Crippen LogP) is 1.57. The van der Waals surface area contributed by atoms with E-state index in [1.807, 2.05) is 0 Å². The average Bonchev–Trinajstić information content (AvgIpc) is 2.44. The van der Waals surface area contributed by atoms with Crippen molar-refractivity contribution in [3.05, 3.63) is 30.1 Å². The summed E-state index contributed by atoms with van der Waals surface area (Å²) >= 11 is 5.26. The second kappa shape index (κ2) is 7.55. The van der Waals surface area contributed by atoms with Crippen LogP contribution in [0.1, 0.15) is 26.2 Å². The molecule has 0 saturated carbocycles. The van der Waals surface area contributed by atoms with Crippen LogP contribution in [0.15, 0.2) is 24.3 Å². The van der Waals surface area contributed by atoms with Gasteiger partial charge in [-0.05, 0) is 30.8 Å². The number of thiocarbonyl (C=S) groups is 1. The van der Waals surface area contributed by atoms with Crippen LogP contribution in [-0.2, 0) is 0 Å². The Hall–Kier alpha value is -1.20. The molecule has 0 bridgehead atoms. The van der Waals surface area contributed by atoms with Gasteiger partial charge in [0.1, 0.15) is 5.82 Å². The number of para-hydroxylation sites is 1. The first-order chi connectivity index (χ1) is 9.69. The minimum Gasteiger partial charge on any atom is -0.359 e. The lowest BCUT2D eigenvalue weighted by Crippen LogP contribution is -3.13. The van der Waals surface area contributed by atoms with Crippen molar-refractivity contribution in [3.63, 3.8) is 0 Å². The number of anilines is 1. The number of quaternary nitrogens is 1.